The standard InChI is InChI=1S/C15H28N2O/c1-12-4-7-15(18-12)11-17(14-5-6-14)10-13-3-2-8-16-9-13/h12-16H,2-11H2,1H3. The molecule has 3 unspecified atom stereocenters. The Kier molecular flexibility index (Phi) is 4.22. The van der Waals surface area contributed by atoms with Crippen molar-refractivity contribution in [3.63, 3.8) is 0 Å². The van der Waals surface area contributed by atoms with Crippen LogP contribution in [0.25, 0.3) is 0 Å². The van der Waals surface area contributed by atoms with Crippen molar-refractivity contribution in [3.8, 4) is 0 Å². The van der Waals surface area contributed by atoms with E-state index in [4.69, 9.17) is 4.74 Å². The lowest BCUT2D eigenvalue weighted by Crippen LogP contribution is -2.42. The van der Waals surface area contributed by atoms with Crippen LogP contribution in [0, 0.1) is 5.92 Å². The van der Waals surface area contributed by atoms with Gasteiger partial charge in [-0.05, 0) is 64.5 Å². The molecule has 2 saturated heterocycles. The first-order valence-corrected chi connectivity index (χ1v) is 7.91. The van der Waals surface area contributed by atoms with Crippen LogP contribution in [-0.2, 0) is 4.74 Å². The van der Waals surface area contributed by atoms with Crippen molar-refractivity contribution in [2.24, 2.45) is 5.92 Å². The van der Waals surface area contributed by atoms with Crippen LogP contribution in [0.4, 0.5) is 0 Å². The molecule has 0 bridgehead atoms. The zero-order chi connectivity index (χ0) is 12.4. The predicted octanol–water partition coefficient (Wildman–Crippen LogP) is 2.02. The molecule has 1 aliphatic carbocycles. The van der Waals surface area contributed by atoms with E-state index in [1.54, 1.807) is 0 Å². The van der Waals surface area contributed by atoms with E-state index in [0.717, 1.165) is 12.0 Å². The van der Waals surface area contributed by atoms with Gasteiger partial charge < -0.3 is 10.1 Å². The minimum Gasteiger partial charge on any atom is -0.374 e. The predicted molar refractivity (Wildman–Crippen MR) is 73.8 cm³/mol. The molecule has 0 aromatic heterocycles. The monoisotopic (exact) mass is 252 g/mol. The first-order chi connectivity index (χ1) is 8.81. The molecule has 0 radical (unpaired) electrons. The van der Waals surface area contributed by atoms with Crippen LogP contribution in [0.5, 0.6) is 0 Å². The van der Waals surface area contributed by atoms with Gasteiger partial charge in [0.2, 0.25) is 0 Å². The molecule has 3 rings (SSSR count). The van der Waals surface area contributed by atoms with Gasteiger partial charge >= 0.3 is 0 Å². The van der Waals surface area contributed by atoms with Gasteiger partial charge in [-0.3, -0.25) is 4.90 Å². The summed E-state index contributed by atoms with van der Waals surface area (Å²) in [6.45, 7) is 7.15. The van der Waals surface area contributed by atoms with Crippen LogP contribution in [0.15, 0.2) is 0 Å². The maximum Gasteiger partial charge on any atom is 0.0706 e. The summed E-state index contributed by atoms with van der Waals surface area (Å²) in [4.78, 5) is 2.74. The van der Waals surface area contributed by atoms with E-state index in [-0.39, 0.29) is 0 Å². The average Bonchev–Trinajstić information content (AvgIpc) is 3.15. The largest absolute Gasteiger partial charge is 0.374 e. The second-order valence-corrected chi connectivity index (χ2v) is 6.54. The number of rotatable bonds is 5. The minimum atomic E-state index is 0.493. The van der Waals surface area contributed by atoms with Gasteiger partial charge in [0.05, 0.1) is 12.2 Å². The molecular weight excluding hydrogens is 224 g/mol. The van der Waals surface area contributed by atoms with Crippen LogP contribution in [0.3, 0.4) is 0 Å². The molecular formula is C15H28N2O. The van der Waals surface area contributed by atoms with Gasteiger partial charge in [0.1, 0.15) is 0 Å². The highest BCUT2D eigenvalue weighted by atomic mass is 16.5. The van der Waals surface area contributed by atoms with Crippen LogP contribution in [-0.4, -0.2) is 49.3 Å². The SMILES string of the molecule is CC1CCC(CN(CC2CCCNC2)C2CC2)O1. The molecule has 3 heteroatoms. The maximum atomic E-state index is 6.00. The van der Waals surface area contributed by atoms with Gasteiger partial charge in [-0.2, -0.15) is 0 Å². The Morgan fingerprint density at radius 1 is 1.11 bits per heavy atom. The van der Waals surface area contributed by atoms with Crippen LogP contribution in [0.1, 0.15) is 45.4 Å². The lowest BCUT2D eigenvalue weighted by atomic mass is 9.98. The second-order valence-electron chi connectivity index (χ2n) is 6.54. The first-order valence-electron chi connectivity index (χ1n) is 7.91. The second kappa shape index (κ2) is 5.89. The Hall–Kier alpha value is -0.120. The van der Waals surface area contributed by atoms with Crippen molar-refractivity contribution in [1.29, 1.82) is 0 Å². The minimum absolute atomic E-state index is 0.493. The van der Waals surface area contributed by atoms with Crippen molar-refractivity contribution in [3.05, 3.63) is 0 Å². The van der Waals surface area contributed by atoms with Crippen LogP contribution in [0.2, 0.25) is 0 Å². The highest BCUT2D eigenvalue weighted by molar-refractivity contribution is 4.89. The molecule has 104 valence electrons. The topological polar surface area (TPSA) is 24.5 Å². The zero-order valence-electron chi connectivity index (χ0n) is 11.7. The van der Waals surface area contributed by atoms with Gasteiger partial charge in [-0.25, -0.2) is 0 Å². The first kappa shape index (κ1) is 12.9. The Bertz CT molecular complexity index is 254. The summed E-state index contributed by atoms with van der Waals surface area (Å²) in [5.41, 5.74) is 0. The highest BCUT2D eigenvalue weighted by Crippen LogP contribution is 2.30. The van der Waals surface area contributed by atoms with Crippen LogP contribution < -0.4 is 5.32 Å². The van der Waals surface area contributed by atoms with Crippen molar-refractivity contribution in [2.75, 3.05) is 26.2 Å². The quantitative estimate of drug-likeness (QED) is 0.810. The van der Waals surface area contributed by atoms with Crippen LogP contribution >= 0.6 is 0 Å². The number of ether oxygens (including phenoxy) is 1. The third kappa shape index (κ3) is 3.46. The summed E-state index contributed by atoms with van der Waals surface area (Å²) < 4.78 is 6.00. The Morgan fingerprint density at radius 3 is 2.61 bits per heavy atom. The third-order valence-electron chi connectivity index (χ3n) is 4.71. The van der Waals surface area contributed by atoms with Crippen molar-refractivity contribution in [1.82, 2.24) is 10.2 Å². The molecule has 3 aliphatic rings. The summed E-state index contributed by atoms with van der Waals surface area (Å²) in [6, 6.07) is 0.881. The van der Waals surface area contributed by atoms with E-state index in [9.17, 15) is 0 Å². The summed E-state index contributed by atoms with van der Waals surface area (Å²) in [5, 5.41) is 3.54. The fourth-order valence-corrected chi connectivity index (χ4v) is 3.50. The molecule has 3 nitrogen and oxygen atoms in total. The van der Waals surface area contributed by atoms with Gasteiger partial charge in [0.25, 0.3) is 0 Å². The highest BCUT2D eigenvalue weighted by Gasteiger charge is 2.34. The number of hydrogen-bond acceptors (Lipinski definition) is 3. The molecule has 1 N–H and O–H groups in total. The summed E-state index contributed by atoms with van der Waals surface area (Å²) in [6.07, 6.45) is 9.15. The number of nitrogens with one attached hydrogen (secondary N) is 1. The Balaban J connectivity index is 1.48. The Morgan fingerprint density at radius 2 is 2.00 bits per heavy atom. The molecule has 0 aromatic rings. The smallest absolute Gasteiger partial charge is 0.0706 e. The lowest BCUT2D eigenvalue weighted by Gasteiger charge is -2.31. The molecule has 3 atom stereocenters. The molecule has 18 heavy (non-hydrogen) atoms. The lowest BCUT2D eigenvalue weighted by molar-refractivity contribution is 0.0252. The number of hydrogen-bond donors (Lipinski definition) is 1. The molecule has 3 fully saturated rings. The fraction of sp³-hybridized carbons (Fsp3) is 1.00. The zero-order valence-corrected chi connectivity index (χ0v) is 11.7. The summed E-state index contributed by atoms with van der Waals surface area (Å²) in [7, 11) is 0. The molecule has 0 spiro atoms. The molecule has 1 saturated carbocycles. The van der Waals surface area contributed by atoms with E-state index in [1.165, 1.54) is 64.7 Å². The van der Waals surface area contributed by atoms with Crippen molar-refractivity contribution in [2.45, 2.75) is 63.7 Å². The van der Waals surface area contributed by atoms with Gasteiger partial charge in [0, 0.05) is 19.1 Å². The molecule has 0 aromatic carbocycles. The van der Waals surface area contributed by atoms with Gasteiger partial charge in [-0.15, -0.1) is 0 Å². The van der Waals surface area contributed by atoms with E-state index in [1.807, 2.05) is 0 Å². The summed E-state index contributed by atoms with van der Waals surface area (Å²) >= 11 is 0. The van der Waals surface area contributed by atoms with Gasteiger partial charge in [-0.1, -0.05) is 0 Å². The molecule has 2 heterocycles. The molecule has 0 amide bonds. The average molecular weight is 252 g/mol. The maximum absolute atomic E-state index is 6.00. The normalized spacial score (nSPS) is 37.3. The number of nitrogens with zero attached hydrogens (tertiary/aromatic N) is 1. The van der Waals surface area contributed by atoms with Crippen molar-refractivity contribution < 1.29 is 4.74 Å². The van der Waals surface area contributed by atoms with E-state index in [0.29, 0.717) is 12.2 Å². The fourth-order valence-electron chi connectivity index (χ4n) is 3.50. The Labute approximate surface area is 111 Å². The van der Waals surface area contributed by atoms with E-state index >= 15 is 0 Å². The van der Waals surface area contributed by atoms with Crippen molar-refractivity contribution >= 4 is 0 Å². The van der Waals surface area contributed by atoms with E-state index in [2.05, 4.69) is 17.1 Å². The number of piperidine rings is 1. The molecule has 2 aliphatic heterocycles. The van der Waals surface area contributed by atoms with Gasteiger partial charge in [0.15, 0.2) is 0 Å². The third-order valence-corrected chi connectivity index (χ3v) is 4.71. The van der Waals surface area contributed by atoms with E-state index < -0.39 is 0 Å². The summed E-state index contributed by atoms with van der Waals surface area (Å²) in [5.74, 6) is 0.873.